The van der Waals surface area contributed by atoms with Crippen molar-refractivity contribution >= 4 is 5.91 Å². The second kappa shape index (κ2) is 6.22. The highest BCUT2D eigenvalue weighted by Crippen LogP contribution is 2.23. The zero-order chi connectivity index (χ0) is 13.8. The van der Waals surface area contributed by atoms with Crippen LogP contribution in [0, 0.1) is 0 Å². The number of imidazole rings is 1. The lowest BCUT2D eigenvalue weighted by Crippen LogP contribution is -2.37. The van der Waals surface area contributed by atoms with Crippen molar-refractivity contribution in [2.24, 2.45) is 0 Å². The van der Waals surface area contributed by atoms with Crippen LogP contribution in [-0.2, 0) is 17.6 Å². The Labute approximate surface area is 115 Å². The van der Waals surface area contributed by atoms with Crippen molar-refractivity contribution in [3.05, 3.63) is 17.7 Å². The van der Waals surface area contributed by atoms with Crippen LogP contribution in [0.5, 0.6) is 0 Å². The van der Waals surface area contributed by atoms with Crippen LogP contribution in [-0.4, -0.2) is 21.5 Å². The van der Waals surface area contributed by atoms with Gasteiger partial charge in [0, 0.05) is 11.7 Å². The molecule has 1 aliphatic carbocycles. The molecule has 0 spiro atoms. The lowest BCUT2D eigenvalue weighted by Gasteiger charge is -2.21. The fourth-order valence-corrected chi connectivity index (χ4v) is 2.82. The van der Waals surface area contributed by atoms with E-state index < -0.39 is 0 Å². The first-order chi connectivity index (χ1) is 9.13. The highest BCUT2D eigenvalue weighted by Gasteiger charge is 2.22. The quantitative estimate of drug-likeness (QED) is 0.887. The molecule has 0 saturated heterocycles. The Bertz CT molecular complexity index is 439. The van der Waals surface area contributed by atoms with Crippen molar-refractivity contribution in [1.29, 1.82) is 0 Å². The van der Waals surface area contributed by atoms with Crippen molar-refractivity contribution in [3.63, 3.8) is 0 Å². The number of hydrogen-bond donors (Lipinski definition) is 1. The summed E-state index contributed by atoms with van der Waals surface area (Å²) in [6.45, 7) is 6.17. The largest absolute Gasteiger partial charge is 0.352 e. The summed E-state index contributed by atoms with van der Waals surface area (Å²) >= 11 is 0. The number of carbonyl (C=O) groups excluding carboxylic acids is 1. The zero-order valence-corrected chi connectivity index (χ0v) is 12.3. The smallest absolute Gasteiger partial charge is 0.243 e. The molecule has 1 aliphatic rings. The van der Waals surface area contributed by atoms with Gasteiger partial charge < -0.3 is 9.88 Å². The standard InChI is InChI=1S/C15H25N3O/c1-4-7-11(2)17-15(19)12(3)18-10-16-13-8-5-6-9-14(13)18/h10-12H,4-9H2,1-3H3,(H,17,19). The molecule has 1 amide bonds. The molecule has 0 saturated carbocycles. The Morgan fingerprint density at radius 3 is 2.89 bits per heavy atom. The molecule has 0 aliphatic heterocycles. The first-order valence-electron chi connectivity index (χ1n) is 7.48. The first-order valence-corrected chi connectivity index (χ1v) is 7.48. The summed E-state index contributed by atoms with van der Waals surface area (Å²) < 4.78 is 2.06. The summed E-state index contributed by atoms with van der Waals surface area (Å²) in [7, 11) is 0. The summed E-state index contributed by atoms with van der Waals surface area (Å²) in [4.78, 5) is 16.7. The van der Waals surface area contributed by atoms with Gasteiger partial charge in [-0.1, -0.05) is 13.3 Å². The van der Waals surface area contributed by atoms with Gasteiger partial charge in [0.15, 0.2) is 0 Å². The molecule has 1 aromatic rings. The number of fused-ring (bicyclic) bond motifs is 1. The number of aromatic nitrogens is 2. The highest BCUT2D eigenvalue weighted by molar-refractivity contribution is 5.80. The van der Waals surface area contributed by atoms with Crippen LogP contribution >= 0.6 is 0 Å². The molecule has 2 atom stereocenters. The lowest BCUT2D eigenvalue weighted by molar-refractivity contribution is -0.124. The number of amides is 1. The number of hydrogen-bond acceptors (Lipinski definition) is 2. The van der Waals surface area contributed by atoms with Crippen LogP contribution < -0.4 is 5.32 Å². The summed E-state index contributed by atoms with van der Waals surface area (Å²) in [6, 6.07) is 0.0907. The third-order valence-electron chi connectivity index (χ3n) is 3.97. The highest BCUT2D eigenvalue weighted by atomic mass is 16.2. The number of aryl methyl sites for hydroxylation is 1. The molecule has 4 heteroatoms. The number of carbonyl (C=O) groups is 1. The van der Waals surface area contributed by atoms with Crippen molar-refractivity contribution in [3.8, 4) is 0 Å². The van der Waals surface area contributed by atoms with Crippen LogP contribution in [0.3, 0.4) is 0 Å². The van der Waals surface area contributed by atoms with Crippen LogP contribution in [0.4, 0.5) is 0 Å². The fourth-order valence-electron chi connectivity index (χ4n) is 2.82. The summed E-state index contributed by atoms with van der Waals surface area (Å²) in [5, 5.41) is 3.09. The normalized spacial score (nSPS) is 17.6. The van der Waals surface area contributed by atoms with E-state index in [9.17, 15) is 4.79 Å². The Morgan fingerprint density at radius 1 is 1.42 bits per heavy atom. The Hall–Kier alpha value is -1.32. The molecular weight excluding hydrogens is 238 g/mol. The molecule has 2 rings (SSSR count). The topological polar surface area (TPSA) is 46.9 Å². The van der Waals surface area contributed by atoms with Gasteiger partial charge in [-0.05, 0) is 46.0 Å². The molecule has 1 aromatic heterocycles. The zero-order valence-electron chi connectivity index (χ0n) is 12.3. The van der Waals surface area contributed by atoms with Gasteiger partial charge in [-0.3, -0.25) is 4.79 Å². The van der Waals surface area contributed by atoms with E-state index in [1.54, 1.807) is 0 Å². The van der Waals surface area contributed by atoms with E-state index in [4.69, 9.17) is 0 Å². The van der Waals surface area contributed by atoms with E-state index in [-0.39, 0.29) is 18.0 Å². The van der Waals surface area contributed by atoms with Crippen LogP contribution in [0.15, 0.2) is 6.33 Å². The van der Waals surface area contributed by atoms with Crippen LogP contribution in [0.25, 0.3) is 0 Å². The van der Waals surface area contributed by atoms with Gasteiger partial charge in [0.25, 0.3) is 0 Å². The maximum atomic E-state index is 12.3. The molecule has 0 fully saturated rings. The minimum absolute atomic E-state index is 0.103. The molecule has 1 heterocycles. The van der Waals surface area contributed by atoms with Crippen molar-refractivity contribution in [2.45, 2.75) is 71.4 Å². The van der Waals surface area contributed by atoms with E-state index in [1.807, 2.05) is 13.3 Å². The van der Waals surface area contributed by atoms with E-state index in [0.29, 0.717) is 0 Å². The summed E-state index contributed by atoms with van der Waals surface area (Å²) in [5.74, 6) is 0.103. The molecular formula is C15H25N3O. The predicted molar refractivity (Wildman–Crippen MR) is 76.1 cm³/mol. The molecule has 19 heavy (non-hydrogen) atoms. The van der Waals surface area contributed by atoms with E-state index in [0.717, 1.165) is 25.7 Å². The number of rotatable bonds is 5. The van der Waals surface area contributed by atoms with Gasteiger partial charge in [-0.2, -0.15) is 0 Å². The minimum Gasteiger partial charge on any atom is -0.352 e. The van der Waals surface area contributed by atoms with Crippen molar-refractivity contribution in [1.82, 2.24) is 14.9 Å². The average Bonchev–Trinajstić information content (AvgIpc) is 2.81. The average molecular weight is 263 g/mol. The van der Waals surface area contributed by atoms with Gasteiger partial charge in [0.2, 0.25) is 5.91 Å². The molecule has 0 radical (unpaired) electrons. The summed E-state index contributed by atoms with van der Waals surface area (Å²) in [6.07, 6.45) is 8.50. The number of nitrogens with zero attached hydrogens (tertiary/aromatic N) is 2. The maximum absolute atomic E-state index is 12.3. The monoisotopic (exact) mass is 263 g/mol. The third kappa shape index (κ3) is 3.17. The fraction of sp³-hybridized carbons (Fsp3) is 0.733. The second-order valence-corrected chi connectivity index (χ2v) is 5.63. The molecule has 2 unspecified atom stereocenters. The predicted octanol–water partition coefficient (Wildman–Crippen LogP) is 2.63. The molecule has 1 N–H and O–H groups in total. The van der Waals surface area contributed by atoms with Crippen molar-refractivity contribution < 1.29 is 4.79 Å². The van der Waals surface area contributed by atoms with Crippen LogP contribution in [0.2, 0.25) is 0 Å². The van der Waals surface area contributed by atoms with E-state index in [1.165, 1.54) is 24.2 Å². The molecule has 106 valence electrons. The van der Waals surface area contributed by atoms with Gasteiger partial charge >= 0.3 is 0 Å². The molecule has 0 bridgehead atoms. The van der Waals surface area contributed by atoms with Gasteiger partial charge in [-0.25, -0.2) is 4.98 Å². The van der Waals surface area contributed by atoms with Gasteiger partial charge in [0.05, 0.1) is 12.0 Å². The van der Waals surface area contributed by atoms with Crippen molar-refractivity contribution in [2.75, 3.05) is 0 Å². The number of nitrogens with one attached hydrogen (secondary N) is 1. The second-order valence-electron chi connectivity index (χ2n) is 5.63. The molecule has 4 nitrogen and oxygen atoms in total. The Morgan fingerprint density at radius 2 is 2.16 bits per heavy atom. The third-order valence-corrected chi connectivity index (χ3v) is 3.97. The van der Waals surface area contributed by atoms with E-state index in [2.05, 4.69) is 28.7 Å². The molecule has 0 aromatic carbocycles. The maximum Gasteiger partial charge on any atom is 0.243 e. The minimum atomic E-state index is -0.159. The summed E-state index contributed by atoms with van der Waals surface area (Å²) in [5.41, 5.74) is 2.45. The first kappa shape index (κ1) is 14.1. The Balaban J connectivity index is 2.04. The van der Waals surface area contributed by atoms with Crippen LogP contribution in [0.1, 0.15) is 63.9 Å². The lowest BCUT2D eigenvalue weighted by atomic mass is 10.0. The SMILES string of the molecule is CCCC(C)NC(=O)C(C)n1cnc2c1CCCC2. The van der Waals surface area contributed by atoms with E-state index >= 15 is 0 Å². The van der Waals surface area contributed by atoms with Gasteiger partial charge in [0.1, 0.15) is 6.04 Å². The Kier molecular flexibility index (Phi) is 4.61. The van der Waals surface area contributed by atoms with Gasteiger partial charge in [-0.15, -0.1) is 0 Å².